The van der Waals surface area contributed by atoms with Crippen molar-refractivity contribution >= 4 is 5.57 Å². The Morgan fingerprint density at radius 3 is 2.36 bits per heavy atom. The summed E-state index contributed by atoms with van der Waals surface area (Å²) >= 11 is 0. The molecule has 2 fully saturated rings. The summed E-state index contributed by atoms with van der Waals surface area (Å²) in [5, 5.41) is 0. The molecule has 0 bridgehead atoms. The molecule has 6 nitrogen and oxygen atoms in total. The highest BCUT2D eigenvalue weighted by molar-refractivity contribution is 5.70. The van der Waals surface area contributed by atoms with Crippen molar-refractivity contribution in [2.75, 3.05) is 13.2 Å². The molecule has 2 saturated heterocycles. The van der Waals surface area contributed by atoms with E-state index in [0.717, 1.165) is 5.57 Å². The molecule has 6 heteroatoms. The molecule has 134 valence electrons. The Morgan fingerprint density at radius 2 is 1.76 bits per heavy atom. The van der Waals surface area contributed by atoms with Crippen LogP contribution in [-0.2, 0) is 14.2 Å². The van der Waals surface area contributed by atoms with E-state index in [1.54, 1.807) is 18.7 Å². The van der Waals surface area contributed by atoms with Crippen LogP contribution in [0.15, 0.2) is 43.0 Å². The third-order valence-corrected chi connectivity index (χ3v) is 4.03. The largest absolute Gasteiger partial charge is 0.498 e. The van der Waals surface area contributed by atoms with Gasteiger partial charge in [-0.3, -0.25) is 0 Å². The predicted octanol–water partition coefficient (Wildman–Crippen LogP) is 2.92. The summed E-state index contributed by atoms with van der Waals surface area (Å²) in [5.41, 5.74) is 0.893. The van der Waals surface area contributed by atoms with Crippen LogP contribution in [0.2, 0.25) is 0 Å². The van der Waals surface area contributed by atoms with Gasteiger partial charge in [-0.15, -0.1) is 0 Å². The maximum atomic E-state index is 5.61. The Labute approximate surface area is 148 Å². The standard InChI is InChI=1S/C19H24N2O4/c1-4-6-15(7-5-8-22-11-17-13(2)24-17)19-20-9-16(10-21-19)23-12-18-14(3)25-18/h4-10,13-14,17-18H,11-12H2,1-3H3/b6-4-,8-5+,15-7+. The lowest BCUT2D eigenvalue weighted by Crippen LogP contribution is -2.07. The molecule has 0 spiro atoms. The first kappa shape index (κ1) is 17.6. The number of hydrogen-bond acceptors (Lipinski definition) is 6. The van der Waals surface area contributed by atoms with Crippen molar-refractivity contribution < 1.29 is 18.9 Å². The van der Waals surface area contributed by atoms with Gasteiger partial charge in [0.15, 0.2) is 11.6 Å². The van der Waals surface area contributed by atoms with Gasteiger partial charge in [0.1, 0.15) is 25.4 Å². The molecule has 1 aromatic rings. The van der Waals surface area contributed by atoms with E-state index >= 15 is 0 Å². The molecule has 0 amide bonds. The molecule has 0 radical (unpaired) electrons. The van der Waals surface area contributed by atoms with Crippen molar-refractivity contribution in [3.05, 3.63) is 48.8 Å². The molecule has 0 saturated carbocycles. The second kappa shape index (κ2) is 8.27. The fourth-order valence-electron chi connectivity index (χ4n) is 2.26. The molecule has 0 N–H and O–H groups in total. The van der Waals surface area contributed by atoms with Gasteiger partial charge < -0.3 is 18.9 Å². The van der Waals surface area contributed by atoms with Crippen LogP contribution in [-0.4, -0.2) is 47.6 Å². The second-order valence-corrected chi connectivity index (χ2v) is 6.10. The Morgan fingerprint density at radius 1 is 1.12 bits per heavy atom. The van der Waals surface area contributed by atoms with E-state index < -0.39 is 0 Å². The van der Waals surface area contributed by atoms with Gasteiger partial charge >= 0.3 is 0 Å². The van der Waals surface area contributed by atoms with Gasteiger partial charge in [-0.25, -0.2) is 9.97 Å². The van der Waals surface area contributed by atoms with E-state index in [-0.39, 0.29) is 18.3 Å². The number of epoxide rings is 2. The number of ether oxygens (including phenoxy) is 4. The minimum Gasteiger partial charge on any atom is -0.498 e. The maximum Gasteiger partial charge on any atom is 0.159 e. The Bertz CT molecular complexity index is 654. The minimum absolute atomic E-state index is 0.187. The van der Waals surface area contributed by atoms with Crippen LogP contribution >= 0.6 is 0 Å². The summed E-state index contributed by atoms with van der Waals surface area (Å²) in [4.78, 5) is 8.74. The van der Waals surface area contributed by atoms with Gasteiger partial charge in [0.25, 0.3) is 0 Å². The lowest BCUT2D eigenvalue weighted by molar-refractivity contribution is 0.212. The first-order chi connectivity index (χ1) is 12.2. The lowest BCUT2D eigenvalue weighted by atomic mass is 10.2. The quantitative estimate of drug-likeness (QED) is 0.390. The normalized spacial score (nSPS) is 28.5. The summed E-state index contributed by atoms with van der Waals surface area (Å²) in [6.45, 7) is 7.12. The third kappa shape index (κ3) is 5.41. The molecular formula is C19H24N2O4. The van der Waals surface area contributed by atoms with E-state index in [2.05, 4.69) is 9.97 Å². The lowest BCUT2D eigenvalue weighted by Gasteiger charge is -2.05. The minimum atomic E-state index is 0.187. The van der Waals surface area contributed by atoms with Crippen molar-refractivity contribution in [2.45, 2.75) is 45.2 Å². The number of allylic oxidation sites excluding steroid dienone is 5. The topological polar surface area (TPSA) is 69.3 Å². The van der Waals surface area contributed by atoms with E-state index in [0.29, 0.717) is 30.9 Å². The summed E-state index contributed by atoms with van der Waals surface area (Å²) in [6, 6.07) is 0. The van der Waals surface area contributed by atoms with Gasteiger partial charge in [0, 0.05) is 5.57 Å². The van der Waals surface area contributed by atoms with Gasteiger partial charge in [0.2, 0.25) is 0 Å². The molecule has 2 aliphatic heterocycles. The molecule has 0 aliphatic carbocycles. The van der Waals surface area contributed by atoms with E-state index in [9.17, 15) is 0 Å². The fraction of sp³-hybridized carbons (Fsp3) is 0.474. The molecule has 4 atom stereocenters. The smallest absolute Gasteiger partial charge is 0.159 e. The summed E-state index contributed by atoms with van der Waals surface area (Å²) < 4.78 is 21.6. The van der Waals surface area contributed by atoms with Crippen molar-refractivity contribution in [1.82, 2.24) is 9.97 Å². The van der Waals surface area contributed by atoms with Gasteiger partial charge in [0.05, 0.1) is 30.9 Å². The molecule has 3 rings (SSSR count). The SMILES string of the molecule is C\C=C/C(=C\C=C\OCC1OC1C)c1ncc(OCC2OC2C)cn1. The molecule has 0 aromatic carbocycles. The molecule has 3 heterocycles. The van der Waals surface area contributed by atoms with Crippen molar-refractivity contribution in [1.29, 1.82) is 0 Å². The second-order valence-electron chi connectivity index (χ2n) is 6.10. The van der Waals surface area contributed by atoms with Gasteiger partial charge in [-0.05, 0) is 32.9 Å². The number of hydrogen-bond donors (Lipinski definition) is 0. The average Bonchev–Trinajstić information content (AvgIpc) is 3.51. The van der Waals surface area contributed by atoms with Crippen LogP contribution in [0.1, 0.15) is 26.6 Å². The van der Waals surface area contributed by atoms with Gasteiger partial charge in [-0.2, -0.15) is 0 Å². The van der Waals surface area contributed by atoms with Crippen LogP contribution in [0.5, 0.6) is 5.75 Å². The van der Waals surface area contributed by atoms with Crippen LogP contribution in [0.3, 0.4) is 0 Å². The van der Waals surface area contributed by atoms with Crippen LogP contribution in [0.4, 0.5) is 0 Å². The Balaban J connectivity index is 1.53. The number of nitrogens with zero attached hydrogens (tertiary/aromatic N) is 2. The summed E-state index contributed by atoms with van der Waals surface area (Å²) in [6.07, 6.45) is 13.7. The zero-order valence-electron chi connectivity index (χ0n) is 14.8. The van der Waals surface area contributed by atoms with Crippen LogP contribution in [0, 0.1) is 0 Å². The zero-order valence-corrected chi connectivity index (χ0v) is 14.8. The maximum absolute atomic E-state index is 5.61. The van der Waals surface area contributed by atoms with Crippen LogP contribution in [0.25, 0.3) is 5.57 Å². The van der Waals surface area contributed by atoms with Crippen molar-refractivity contribution in [3.8, 4) is 5.75 Å². The molecule has 4 unspecified atom stereocenters. The van der Waals surface area contributed by atoms with E-state index in [1.807, 2.05) is 45.1 Å². The predicted molar refractivity (Wildman–Crippen MR) is 94.1 cm³/mol. The zero-order chi connectivity index (χ0) is 17.6. The third-order valence-electron chi connectivity index (χ3n) is 4.03. The first-order valence-electron chi connectivity index (χ1n) is 8.54. The highest BCUT2D eigenvalue weighted by Gasteiger charge is 2.35. The van der Waals surface area contributed by atoms with Gasteiger partial charge in [-0.1, -0.05) is 12.2 Å². The Hall–Kier alpha value is -2.18. The van der Waals surface area contributed by atoms with E-state index in [1.165, 1.54) is 0 Å². The Kier molecular flexibility index (Phi) is 5.83. The summed E-state index contributed by atoms with van der Waals surface area (Å²) in [5.74, 6) is 1.27. The fourth-order valence-corrected chi connectivity index (χ4v) is 2.26. The number of rotatable bonds is 9. The molecular weight excluding hydrogens is 320 g/mol. The monoisotopic (exact) mass is 344 g/mol. The van der Waals surface area contributed by atoms with Crippen molar-refractivity contribution in [3.63, 3.8) is 0 Å². The highest BCUT2D eigenvalue weighted by atomic mass is 16.6. The molecule has 1 aromatic heterocycles. The van der Waals surface area contributed by atoms with E-state index in [4.69, 9.17) is 18.9 Å². The van der Waals surface area contributed by atoms with Crippen molar-refractivity contribution in [2.24, 2.45) is 0 Å². The average molecular weight is 344 g/mol. The molecule has 25 heavy (non-hydrogen) atoms. The van der Waals surface area contributed by atoms with Crippen LogP contribution < -0.4 is 4.74 Å². The summed E-state index contributed by atoms with van der Waals surface area (Å²) in [7, 11) is 0. The number of aromatic nitrogens is 2. The molecule has 2 aliphatic rings. The first-order valence-corrected chi connectivity index (χ1v) is 8.54. The highest BCUT2D eigenvalue weighted by Crippen LogP contribution is 2.22.